The molecule has 2 saturated heterocycles. The van der Waals surface area contributed by atoms with Crippen LogP contribution in [0.25, 0.3) is 0 Å². The lowest BCUT2D eigenvalue weighted by Crippen LogP contribution is -2.48. The van der Waals surface area contributed by atoms with Gasteiger partial charge in [0, 0.05) is 22.9 Å². The second-order valence-corrected chi connectivity index (χ2v) is 7.97. The number of thioether (sulfide) groups is 1. The first kappa shape index (κ1) is 16.5. The quantitative estimate of drug-likeness (QED) is 0.889. The van der Waals surface area contributed by atoms with E-state index in [4.69, 9.17) is 11.6 Å². The molecule has 0 saturated carbocycles. The predicted octanol–water partition coefficient (Wildman–Crippen LogP) is 3.87. The zero-order valence-electron chi connectivity index (χ0n) is 13.4. The minimum atomic E-state index is -0.473. The van der Waals surface area contributed by atoms with E-state index in [1.165, 1.54) is 0 Å². The van der Waals surface area contributed by atoms with Gasteiger partial charge in [-0.05, 0) is 30.2 Å². The molecule has 4 nitrogen and oxygen atoms in total. The molecule has 4 rings (SSSR count). The molecule has 2 fully saturated rings. The normalized spacial score (nSPS) is 25.1. The van der Waals surface area contributed by atoms with Crippen LogP contribution in [0.1, 0.15) is 18.4 Å². The third kappa shape index (κ3) is 2.81. The number of hydrogen-bond donors (Lipinski definition) is 1. The maximum absolute atomic E-state index is 12.8. The van der Waals surface area contributed by atoms with E-state index in [1.807, 2.05) is 30.3 Å². The number of benzene rings is 2. The molecule has 0 spiro atoms. The Morgan fingerprint density at radius 3 is 2.76 bits per heavy atom. The second kappa shape index (κ2) is 6.39. The fourth-order valence-electron chi connectivity index (χ4n) is 3.63. The van der Waals surface area contributed by atoms with E-state index in [9.17, 15) is 9.59 Å². The van der Waals surface area contributed by atoms with Gasteiger partial charge in [0.15, 0.2) is 0 Å². The number of hydrogen-bond acceptors (Lipinski definition) is 3. The molecule has 2 aromatic carbocycles. The highest BCUT2D eigenvalue weighted by Gasteiger charge is 2.56. The molecule has 0 aromatic heterocycles. The van der Waals surface area contributed by atoms with E-state index >= 15 is 0 Å². The van der Waals surface area contributed by atoms with Crippen molar-refractivity contribution >= 4 is 40.9 Å². The molecule has 0 bridgehead atoms. The van der Waals surface area contributed by atoms with Crippen LogP contribution in [0.3, 0.4) is 0 Å². The van der Waals surface area contributed by atoms with Gasteiger partial charge in [0.1, 0.15) is 10.9 Å². The minimum absolute atomic E-state index is 0.0418. The first-order chi connectivity index (χ1) is 12.1. The predicted molar refractivity (Wildman–Crippen MR) is 101 cm³/mol. The SMILES string of the molecule is O=C(Nc1cccc(Cl)c1)[C@@H]1CS[C@]2(c3ccccc3)CCC(=O)N12. The zero-order valence-corrected chi connectivity index (χ0v) is 15.0. The van der Waals surface area contributed by atoms with Crippen LogP contribution < -0.4 is 5.32 Å². The highest BCUT2D eigenvalue weighted by molar-refractivity contribution is 8.00. The van der Waals surface area contributed by atoms with Crippen molar-refractivity contribution < 1.29 is 9.59 Å². The summed E-state index contributed by atoms with van der Waals surface area (Å²) in [7, 11) is 0. The molecule has 2 heterocycles. The Hall–Kier alpha value is -1.98. The van der Waals surface area contributed by atoms with Crippen molar-refractivity contribution in [3.05, 3.63) is 65.2 Å². The Bertz CT molecular complexity index is 829. The van der Waals surface area contributed by atoms with Crippen LogP contribution in [0.5, 0.6) is 0 Å². The molecule has 2 aliphatic rings. The average Bonchev–Trinajstić information content (AvgIpc) is 3.15. The molecule has 25 heavy (non-hydrogen) atoms. The number of nitrogens with zero attached hydrogens (tertiary/aromatic N) is 1. The minimum Gasteiger partial charge on any atom is -0.324 e. The van der Waals surface area contributed by atoms with E-state index in [0.29, 0.717) is 22.9 Å². The molecule has 0 radical (unpaired) electrons. The lowest BCUT2D eigenvalue weighted by atomic mass is 10.0. The summed E-state index contributed by atoms with van der Waals surface area (Å²) in [5, 5.41) is 3.46. The summed E-state index contributed by atoms with van der Waals surface area (Å²) in [5.41, 5.74) is 1.73. The van der Waals surface area contributed by atoms with Crippen molar-refractivity contribution in [3.63, 3.8) is 0 Å². The van der Waals surface area contributed by atoms with Gasteiger partial charge < -0.3 is 10.2 Å². The molecule has 0 aliphatic carbocycles. The van der Waals surface area contributed by atoms with Crippen molar-refractivity contribution in [1.82, 2.24) is 4.90 Å². The van der Waals surface area contributed by atoms with Crippen molar-refractivity contribution in [2.45, 2.75) is 23.8 Å². The standard InChI is InChI=1S/C19H17ClN2O2S/c20-14-7-4-8-15(11-14)21-18(24)16-12-25-19(10-9-17(23)22(16)19)13-5-2-1-3-6-13/h1-8,11,16H,9-10,12H2,(H,21,24)/t16-,19-/m0/s1. The number of nitrogens with one attached hydrogen (secondary N) is 1. The fourth-order valence-corrected chi connectivity index (χ4v) is 5.47. The smallest absolute Gasteiger partial charge is 0.248 e. The zero-order chi connectivity index (χ0) is 17.4. The van der Waals surface area contributed by atoms with Gasteiger partial charge in [0.2, 0.25) is 11.8 Å². The summed E-state index contributed by atoms with van der Waals surface area (Å²) in [6.45, 7) is 0. The van der Waals surface area contributed by atoms with Crippen molar-refractivity contribution in [1.29, 1.82) is 0 Å². The van der Waals surface area contributed by atoms with Crippen molar-refractivity contribution in [3.8, 4) is 0 Å². The largest absolute Gasteiger partial charge is 0.324 e. The number of rotatable bonds is 3. The number of fused-ring (bicyclic) bond motifs is 1. The Morgan fingerprint density at radius 2 is 2.00 bits per heavy atom. The second-order valence-electron chi connectivity index (χ2n) is 6.24. The Labute approximate surface area is 155 Å². The van der Waals surface area contributed by atoms with E-state index < -0.39 is 10.9 Å². The first-order valence-electron chi connectivity index (χ1n) is 8.18. The van der Waals surface area contributed by atoms with Gasteiger partial charge in [-0.15, -0.1) is 11.8 Å². The first-order valence-corrected chi connectivity index (χ1v) is 9.55. The Kier molecular flexibility index (Phi) is 4.21. The molecule has 2 aliphatic heterocycles. The van der Waals surface area contributed by atoms with E-state index in [2.05, 4.69) is 5.32 Å². The topological polar surface area (TPSA) is 49.4 Å². The molecule has 1 N–H and O–H groups in total. The Morgan fingerprint density at radius 1 is 1.20 bits per heavy atom. The van der Waals surface area contributed by atoms with Gasteiger partial charge in [-0.2, -0.15) is 0 Å². The van der Waals surface area contributed by atoms with E-state index in [0.717, 1.165) is 12.0 Å². The van der Waals surface area contributed by atoms with Gasteiger partial charge in [-0.25, -0.2) is 0 Å². The summed E-state index contributed by atoms with van der Waals surface area (Å²) in [5.74, 6) is 0.468. The van der Waals surface area contributed by atoms with Crippen LogP contribution in [-0.4, -0.2) is 28.5 Å². The van der Waals surface area contributed by atoms with Crippen LogP contribution in [0.15, 0.2) is 54.6 Å². The average molecular weight is 373 g/mol. The van der Waals surface area contributed by atoms with E-state index in [1.54, 1.807) is 40.9 Å². The molecule has 2 atom stereocenters. The molecule has 6 heteroatoms. The van der Waals surface area contributed by atoms with Gasteiger partial charge in [-0.3, -0.25) is 9.59 Å². The monoisotopic (exact) mass is 372 g/mol. The van der Waals surface area contributed by atoms with E-state index in [-0.39, 0.29) is 11.8 Å². The molecular formula is C19H17ClN2O2S. The van der Waals surface area contributed by atoms with Gasteiger partial charge in [-0.1, -0.05) is 48.0 Å². The number of anilines is 1. The number of amides is 2. The lowest BCUT2D eigenvalue weighted by molar-refractivity contribution is -0.136. The maximum Gasteiger partial charge on any atom is 0.248 e. The molecule has 0 unspecified atom stereocenters. The highest BCUT2D eigenvalue weighted by atomic mass is 35.5. The lowest BCUT2D eigenvalue weighted by Gasteiger charge is -2.34. The van der Waals surface area contributed by atoms with Crippen molar-refractivity contribution in [2.75, 3.05) is 11.1 Å². The van der Waals surface area contributed by atoms with Gasteiger partial charge >= 0.3 is 0 Å². The van der Waals surface area contributed by atoms with Crippen LogP contribution in [0.2, 0.25) is 5.02 Å². The van der Waals surface area contributed by atoms with Crippen LogP contribution >= 0.6 is 23.4 Å². The summed E-state index contributed by atoms with van der Waals surface area (Å²) < 4.78 is 0. The fraction of sp³-hybridized carbons (Fsp3) is 0.263. The molecule has 128 valence electrons. The number of carbonyl (C=O) groups excluding carboxylic acids is 2. The maximum atomic E-state index is 12.8. The molecule has 2 aromatic rings. The molecular weight excluding hydrogens is 356 g/mol. The highest BCUT2D eigenvalue weighted by Crippen LogP contribution is 2.54. The molecule has 2 amide bonds. The third-order valence-electron chi connectivity index (χ3n) is 4.75. The van der Waals surface area contributed by atoms with Gasteiger partial charge in [0.05, 0.1) is 0 Å². The Balaban J connectivity index is 1.62. The van der Waals surface area contributed by atoms with Crippen LogP contribution in [-0.2, 0) is 14.5 Å². The summed E-state index contributed by atoms with van der Waals surface area (Å²) >= 11 is 7.67. The number of carbonyl (C=O) groups is 2. The number of halogens is 1. The summed E-state index contributed by atoms with van der Waals surface area (Å²) in [6.07, 6.45) is 1.21. The summed E-state index contributed by atoms with van der Waals surface area (Å²) in [4.78, 5) is 26.8. The van der Waals surface area contributed by atoms with Crippen LogP contribution in [0.4, 0.5) is 5.69 Å². The van der Waals surface area contributed by atoms with Gasteiger partial charge in [0.25, 0.3) is 0 Å². The third-order valence-corrected chi connectivity index (χ3v) is 6.58. The van der Waals surface area contributed by atoms with Crippen molar-refractivity contribution in [2.24, 2.45) is 0 Å². The van der Waals surface area contributed by atoms with Crippen LogP contribution in [0, 0.1) is 0 Å². The summed E-state index contributed by atoms with van der Waals surface area (Å²) in [6, 6.07) is 16.6.